The minimum Gasteiger partial charge on any atom is -0.507 e. The number of ether oxygens (including phenoxy) is 1. The molecule has 1 heterocycles. The van der Waals surface area contributed by atoms with Crippen LogP contribution in [0.2, 0.25) is 0 Å². The summed E-state index contributed by atoms with van der Waals surface area (Å²) >= 11 is 4.55. The van der Waals surface area contributed by atoms with Crippen molar-refractivity contribution in [2.24, 2.45) is 5.92 Å². The molecule has 1 atom stereocenters. The molecule has 0 bridgehead atoms. The summed E-state index contributed by atoms with van der Waals surface area (Å²) in [5.74, 6) is -0.807. The lowest BCUT2D eigenvalue weighted by atomic mass is 10.0. The van der Waals surface area contributed by atoms with Crippen LogP contribution in [-0.4, -0.2) is 24.0 Å². The molecular formula is C14H13BrO4S. The zero-order chi connectivity index (χ0) is 14.9. The molecule has 6 heteroatoms. The summed E-state index contributed by atoms with van der Waals surface area (Å²) in [6.45, 7) is 1.67. The predicted octanol–water partition coefficient (Wildman–Crippen LogP) is 3.75. The summed E-state index contributed by atoms with van der Waals surface area (Å²) in [7, 11) is 1.31. The Morgan fingerprint density at radius 1 is 1.40 bits per heavy atom. The van der Waals surface area contributed by atoms with Crippen LogP contribution in [-0.2, 0) is 9.53 Å². The van der Waals surface area contributed by atoms with Gasteiger partial charge in [0.1, 0.15) is 5.75 Å². The van der Waals surface area contributed by atoms with Gasteiger partial charge in [0.15, 0.2) is 5.78 Å². The molecule has 0 aliphatic rings. The number of aromatic hydroxyl groups is 1. The van der Waals surface area contributed by atoms with Gasteiger partial charge in [-0.05, 0) is 39.5 Å². The third-order valence-electron chi connectivity index (χ3n) is 2.96. The fourth-order valence-corrected chi connectivity index (χ4v) is 3.24. The van der Waals surface area contributed by atoms with E-state index in [9.17, 15) is 14.7 Å². The second kappa shape index (κ2) is 5.93. The van der Waals surface area contributed by atoms with E-state index in [1.54, 1.807) is 25.1 Å². The molecule has 0 amide bonds. The molecule has 0 aliphatic carbocycles. The lowest BCUT2D eigenvalue weighted by Gasteiger charge is -2.06. The van der Waals surface area contributed by atoms with Crippen molar-refractivity contribution in [1.82, 2.24) is 0 Å². The average molecular weight is 357 g/mol. The van der Waals surface area contributed by atoms with E-state index in [-0.39, 0.29) is 23.9 Å². The minimum atomic E-state index is -0.460. The van der Waals surface area contributed by atoms with Crippen LogP contribution in [0, 0.1) is 5.92 Å². The molecule has 1 aromatic heterocycles. The fraction of sp³-hybridized carbons (Fsp3) is 0.286. The molecular weight excluding hydrogens is 344 g/mol. The number of phenols is 1. The van der Waals surface area contributed by atoms with E-state index >= 15 is 0 Å². The average Bonchev–Trinajstić information content (AvgIpc) is 2.81. The van der Waals surface area contributed by atoms with Gasteiger partial charge < -0.3 is 9.84 Å². The number of rotatable bonds is 4. The van der Waals surface area contributed by atoms with Crippen molar-refractivity contribution in [1.29, 1.82) is 0 Å². The van der Waals surface area contributed by atoms with Crippen LogP contribution >= 0.6 is 27.3 Å². The van der Waals surface area contributed by atoms with Crippen LogP contribution < -0.4 is 0 Å². The number of methoxy groups -OCH3 is 1. The first-order valence-corrected chi connectivity index (χ1v) is 7.56. The molecule has 1 unspecified atom stereocenters. The van der Waals surface area contributed by atoms with E-state index in [0.717, 1.165) is 10.1 Å². The van der Waals surface area contributed by atoms with Gasteiger partial charge >= 0.3 is 5.97 Å². The number of Topliss-reactive ketones (excluding diaryl/α,β-unsaturated/α-hetero) is 1. The molecule has 20 heavy (non-hydrogen) atoms. The number of carbonyl (C=O) groups is 2. The Bertz CT molecular complexity index is 638. The summed E-state index contributed by atoms with van der Waals surface area (Å²) in [6, 6.07) is 5.16. The number of fused-ring (bicyclic) bond motifs is 1. The van der Waals surface area contributed by atoms with Gasteiger partial charge in [-0.25, -0.2) is 0 Å². The Balaban J connectivity index is 2.25. The lowest BCUT2D eigenvalue weighted by molar-refractivity contribution is -0.144. The summed E-state index contributed by atoms with van der Waals surface area (Å²) in [4.78, 5) is 24.1. The number of hydrogen-bond donors (Lipinski definition) is 1. The first-order valence-electron chi connectivity index (χ1n) is 5.95. The molecule has 0 fully saturated rings. The standard InChI is InChI=1S/C14H13BrO4S/c1-7(14(18)19-2)3-11(17)13-5-8-4-9(15)10(16)6-12(8)20-13/h4-7,16H,3H2,1-2H3. The maximum Gasteiger partial charge on any atom is 0.308 e. The van der Waals surface area contributed by atoms with Gasteiger partial charge in [0.05, 0.1) is 22.4 Å². The molecule has 0 saturated carbocycles. The molecule has 0 radical (unpaired) electrons. The lowest BCUT2D eigenvalue weighted by Crippen LogP contribution is -2.16. The van der Waals surface area contributed by atoms with Crippen molar-refractivity contribution in [3.8, 4) is 5.75 Å². The molecule has 2 rings (SSSR count). The van der Waals surface area contributed by atoms with Gasteiger partial charge in [0.25, 0.3) is 0 Å². The normalized spacial score (nSPS) is 12.3. The van der Waals surface area contributed by atoms with E-state index in [0.29, 0.717) is 9.35 Å². The van der Waals surface area contributed by atoms with E-state index in [4.69, 9.17) is 0 Å². The van der Waals surface area contributed by atoms with Gasteiger partial charge in [-0.2, -0.15) is 0 Å². The number of thiophene rings is 1. The number of ketones is 1. The second-order valence-electron chi connectivity index (χ2n) is 4.50. The number of benzene rings is 1. The maximum absolute atomic E-state index is 12.1. The van der Waals surface area contributed by atoms with E-state index < -0.39 is 5.92 Å². The Labute approximate surface area is 128 Å². The zero-order valence-electron chi connectivity index (χ0n) is 11.0. The van der Waals surface area contributed by atoms with E-state index in [1.165, 1.54) is 18.4 Å². The Kier molecular flexibility index (Phi) is 4.45. The Morgan fingerprint density at radius 2 is 2.10 bits per heavy atom. The van der Waals surface area contributed by atoms with Crippen LogP contribution in [0.25, 0.3) is 10.1 Å². The van der Waals surface area contributed by atoms with E-state index in [2.05, 4.69) is 20.7 Å². The highest BCUT2D eigenvalue weighted by atomic mass is 79.9. The van der Waals surface area contributed by atoms with Crippen LogP contribution in [0.3, 0.4) is 0 Å². The summed E-state index contributed by atoms with van der Waals surface area (Å²) in [5.41, 5.74) is 0. The van der Waals surface area contributed by atoms with Crippen molar-refractivity contribution >= 4 is 49.1 Å². The molecule has 106 valence electrons. The van der Waals surface area contributed by atoms with Crippen molar-refractivity contribution in [3.05, 3.63) is 27.5 Å². The SMILES string of the molecule is COC(=O)C(C)CC(=O)c1cc2cc(Br)c(O)cc2s1. The van der Waals surface area contributed by atoms with Crippen molar-refractivity contribution < 1.29 is 19.4 Å². The van der Waals surface area contributed by atoms with Gasteiger partial charge in [-0.15, -0.1) is 11.3 Å². The number of phenolic OH excluding ortho intramolecular Hbond substituents is 1. The van der Waals surface area contributed by atoms with Gasteiger partial charge in [0.2, 0.25) is 0 Å². The maximum atomic E-state index is 12.1. The third kappa shape index (κ3) is 3.02. The molecule has 1 N–H and O–H groups in total. The molecule has 2 aromatic rings. The smallest absolute Gasteiger partial charge is 0.308 e. The van der Waals surface area contributed by atoms with Crippen molar-refractivity contribution in [2.45, 2.75) is 13.3 Å². The Morgan fingerprint density at radius 3 is 2.75 bits per heavy atom. The summed E-state index contributed by atoms with van der Waals surface area (Å²) < 4.78 is 6.03. The predicted molar refractivity (Wildman–Crippen MR) is 81.3 cm³/mol. The molecule has 0 spiro atoms. The molecule has 0 saturated heterocycles. The highest BCUT2D eigenvalue weighted by Crippen LogP contribution is 2.34. The van der Waals surface area contributed by atoms with Crippen LogP contribution in [0.1, 0.15) is 23.0 Å². The summed E-state index contributed by atoms with van der Waals surface area (Å²) in [5, 5.41) is 10.5. The van der Waals surface area contributed by atoms with Crippen LogP contribution in [0.5, 0.6) is 5.75 Å². The number of esters is 1. The van der Waals surface area contributed by atoms with Gasteiger partial charge in [0, 0.05) is 11.1 Å². The number of carbonyl (C=O) groups excluding carboxylic acids is 2. The van der Waals surface area contributed by atoms with Crippen LogP contribution in [0.4, 0.5) is 0 Å². The summed E-state index contributed by atoms with van der Waals surface area (Å²) in [6.07, 6.45) is 0.118. The highest BCUT2D eigenvalue weighted by Gasteiger charge is 2.20. The quantitative estimate of drug-likeness (QED) is 0.669. The molecule has 1 aromatic carbocycles. The monoisotopic (exact) mass is 356 g/mol. The number of hydrogen-bond acceptors (Lipinski definition) is 5. The molecule has 4 nitrogen and oxygen atoms in total. The minimum absolute atomic E-state index is 0.0975. The van der Waals surface area contributed by atoms with Crippen LogP contribution in [0.15, 0.2) is 22.7 Å². The zero-order valence-corrected chi connectivity index (χ0v) is 13.4. The molecule has 0 aliphatic heterocycles. The largest absolute Gasteiger partial charge is 0.507 e. The van der Waals surface area contributed by atoms with Gasteiger partial charge in [-0.3, -0.25) is 9.59 Å². The fourth-order valence-electron chi connectivity index (χ4n) is 1.85. The first kappa shape index (κ1) is 15.0. The number of halogens is 1. The topological polar surface area (TPSA) is 63.6 Å². The third-order valence-corrected chi connectivity index (χ3v) is 4.73. The highest BCUT2D eigenvalue weighted by molar-refractivity contribution is 9.10. The van der Waals surface area contributed by atoms with Crippen molar-refractivity contribution in [3.63, 3.8) is 0 Å². The Hall–Kier alpha value is -1.40. The van der Waals surface area contributed by atoms with Crippen molar-refractivity contribution in [2.75, 3.05) is 7.11 Å². The second-order valence-corrected chi connectivity index (χ2v) is 6.44. The van der Waals surface area contributed by atoms with Gasteiger partial charge in [-0.1, -0.05) is 6.92 Å². The first-order chi connectivity index (χ1) is 9.42. The van der Waals surface area contributed by atoms with E-state index in [1.807, 2.05) is 0 Å².